The van der Waals surface area contributed by atoms with E-state index in [1.807, 2.05) is 13.8 Å². The minimum atomic E-state index is -0.438. The van der Waals surface area contributed by atoms with Crippen molar-refractivity contribution in [2.75, 3.05) is 20.1 Å². The molecule has 0 heterocycles. The molecule has 0 spiro atoms. The molecule has 0 aliphatic carbocycles. The number of methoxy groups -OCH3 is 2. The molecular formula is C14H20ClNO3. The van der Waals surface area contributed by atoms with E-state index in [2.05, 4.69) is 5.32 Å². The molecule has 0 aliphatic rings. The largest absolute Gasteiger partial charge is 0.497 e. The van der Waals surface area contributed by atoms with Gasteiger partial charge in [-0.3, -0.25) is 4.79 Å². The Kier molecular flexibility index (Phi) is 5.48. The predicted octanol–water partition coefficient (Wildman–Crippen LogP) is 2.84. The smallest absolute Gasteiger partial charge is 0.255 e. The normalized spacial score (nSPS) is 13.5. The Labute approximate surface area is 119 Å². The van der Waals surface area contributed by atoms with Crippen LogP contribution in [0.2, 0.25) is 0 Å². The number of nitrogens with one attached hydrogen (secondary N) is 1. The molecule has 0 aromatic heterocycles. The lowest BCUT2D eigenvalue weighted by Crippen LogP contribution is -2.47. The van der Waals surface area contributed by atoms with Crippen molar-refractivity contribution in [3.05, 3.63) is 23.8 Å². The van der Waals surface area contributed by atoms with Crippen molar-refractivity contribution < 1.29 is 14.3 Å². The molecule has 0 saturated carbocycles. The molecule has 0 radical (unpaired) electrons. The van der Waals surface area contributed by atoms with Gasteiger partial charge in [0.2, 0.25) is 0 Å². The number of benzene rings is 1. The zero-order valence-corrected chi connectivity index (χ0v) is 12.5. The van der Waals surface area contributed by atoms with E-state index in [1.54, 1.807) is 25.3 Å². The fraction of sp³-hybridized carbons (Fsp3) is 0.500. The maximum Gasteiger partial charge on any atom is 0.255 e. The Morgan fingerprint density at radius 2 is 2.05 bits per heavy atom. The van der Waals surface area contributed by atoms with Gasteiger partial charge in [0, 0.05) is 5.88 Å². The quantitative estimate of drug-likeness (QED) is 0.818. The first-order valence-corrected chi connectivity index (χ1v) is 6.63. The van der Waals surface area contributed by atoms with Gasteiger partial charge in [-0.25, -0.2) is 0 Å². The second-order valence-corrected chi connectivity index (χ2v) is 4.84. The van der Waals surface area contributed by atoms with Crippen molar-refractivity contribution in [1.82, 2.24) is 5.32 Å². The van der Waals surface area contributed by atoms with Crippen LogP contribution < -0.4 is 14.8 Å². The summed E-state index contributed by atoms with van der Waals surface area (Å²) in [5.74, 6) is 1.24. The second kappa shape index (κ2) is 6.66. The van der Waals surface area contributed by atoms with Crippen LogP contribution in [0.4, 0.5) is 0 Å². The van der Waals surface area contributed by atoms with Gasteiger partial charge >= 0.3 is 0 Å². The fourth-order valence-corrected chi connectivity index (χ4v) is 1.81. The molecule has 0 bridgehead atoms. The number of alkyl halides is 1. The summed E-state index contributed by atoms with van der Waals surface area (Å²) in [6.07, 6.45) is 0.745. The minimum Gasteiger partial charge on any atom is -0.497 e. The van der Waals surface area contributed by atoms with E-state index < -0.39 is 5.54 Å². The van der Waals surface area contributed by atoms with Crippen LogP contribution in [0.1, 0.15) is 30.6 Å². The SMILES string of the molecule is CCC(C)(CCl)NC(=O)c1cc(OC)ccc1OC. The third-order valence-corrected chi connectivity index (χ3v) is 3.73. The Morgan fingerprint density at radius 1 is 1.37 bits per heavy atom. The lowest BCUT2D eigenvalue weighted by Gasteiger charge is -2.27. The highest BCUT2D eigenvalue weighted by Gasteiger charge is 2.25. The molecule has 1 atom stereocenters. The van der Waals surface area contributed by atoms with E-state index in [9.17, 15) is 4.79 Å². The number of halogens is 1. The molecule has 0 saturated heterocycles. The number of carbonyl (C=O) groups excluding carboxylic acids is 1. The first-order valence-electron chi connectivity index (χ1n) is 6.10. The molecule has 106 valence electrons. The Bertz CT molecular complexity index is 444. The number of ether oxygens (including phenoxy) is 2. The number of amides is 1. The van der Waals surface area contributed by atoms with Crippen LogP contribution in [0.5, 0.6) is 11.5 Å². The topological polar surface area (TPSA) is 47.6 Å². The molecular weight excluding hydrogens is 266 g/mol. The Balaban J connectivity index is 3.04. The Morgan fingerprint density at radius 3 is 2.53 bits per heavy atom. The fourth-order valence-electron chi connectivity index (χ4n) is 1.55. The molecule has 5 heteroatoms. The number of rotatable bonds is 6. The van der Waals surface area contributed by atoms with E-state index in [0.717, 1.165) is 6.42 Å². The first kappa shape index (κ1) is 15.6. The van der Waals surface area contributed by atoms with Crippen molar-refractivity contribution in [3.63, 3.8) is 0 Å². The monoisotopic (exact) mass is 285 g/mol. The minimum absolute atomic E-state index is 0.222. The molecule has 1 N–H and O–H groups in total. The average molecular weight is 286 g/mol. The maximum absolute atomic E-state index is 12.3. The van der Waals surface area contributed by atoms with Crippen molar-refractivity contribution in [2.24, 2.45) is 0 Å². The molecule has 19 heavy (non-hydrogen) atoms. The van der Waals surface area contributed by atoms with Gasteiger partial charge in [0.05, 0.1) is 25.3 Å². The summed E-state index contributed by atoms with van der Waals surface area (Å²) in [7, 11) is 3.08. The molecule has 1 rings (SSSR count). The summed E-state index contributed by atoms with van der Waals surface area (Å²) >= 11 is 5.90. The average Bonchev–Trinajstić information content (AvgIpc) is 2.46. The molecule has 0 aliphatic heterocycles. The summed E-state index contributed by atoms with van der Waals surface area (Å²) in [5, 5.41) is 2.93. The Hall–Kier alpha value is -1.42. The van der Waals surface area contributed by atoms with Gasteiger partial charge < -0.3 is 14.8 Å². The van der Waals surface area contributed by atoms with Gasteiger partial charge in [0.1, 0.15) is 11.5 Å². The maximum atomic E-state index is 12.3. The van der Waals surface area contributed by atoms with Crippen LogP contribution >= 0.6 is 11.6 Å². The summed E-state index contributed by atoms with van der Waals surface area (Å²) in [4.78, 5) is 12.3. The number of hydrogen-bond acceptors (Lipinski definition) is 3. The van der Waals surface area contributed by atoms with Crippen LogP contribution in [0.15, 0.2) is 18.2 Å². The number of carbonyl (C=O) groups is 1. The van der Waals surface area contributed by atoms with Crippen molar-refractivity contribution in [1.29, 1.82) is 0 Å². The summed E-state index contributed by atoms with van der Waals surface area (Å²) in [6.45, 7) is 3.88. The van der Waals surface area contributed by atoms with E-state index in [0.29, 0.717) is 22.9 Å². The van der Waals surface area contributed by atoms with Crippen LogP contribution in [0, 0.1) is 0 Å². The van der Waals surface area contributed by atoms with E-state index >= 15 is 0 Å². The lowest BCUT2D eigenvalue weighted by atomic mass is 10.0. The summed E-state index contributed by atoms with van der Waals surface area (Å²) in [6, 6.07) is 5.10. The molecule has 1 aromatic carbocycles. The predicted molar refractivity (Wildman–Crippen MR) is 76.4 cm³/mol. The van der Waals surface area contributed by atoms with Crippen LogP contribution in [0.25, 0.3) is 0 Å². The highest BCUT2D eigenvalue weighted by molar-refractivity contribution is 6.18. The molecule has 1 amide bonds. The lowest BCUT2D eigenvalue weighted by molar-refractivity contribution is 0.0909. The molecule has 1 unspecified atom stereocenters. The third-order valence-electron chi connectivity index (χ3n) is 3.14. The van der Waals surface area contributed by atoms with Gasteiger partial charge in [0.25, 0.3) is 5.91 Å². The second-order valence-electron chi connectivity index (χ2n) is 4.57. The summed E-state index contributed by atoms with van der Waals surface area (Å²) in [5.41, 5.74) is -0.00107. The van der Waals surface area contributed by atoms with Crippen molar-refractivity contribution in [2.45, 2.75) is 25.8 Å². The van der Waals surface area contributed by atoms with Crippen LogP contribution in [-0.2, 0) is 0 Å². The van der Waals surface area contributed by atoms with Crippen molar-refractivity contribution >= 4 is 17.5 Å². The molecule has 0 fully saturated rings. The van der Waals surface area contributed by atoms with E-state index in [1.165, 1.54) is 7.11 Å². The van der Waals surface area contributed by atoms with Gasteiger partial charge in [-0.1, -0.05) is 6.92 Å². The number of hydrogen-bond donors (Lipinski definition) is 1. The van der Waals surface area contributed by atoms with E-state index in [-0.39, 0.29) is 5.91 Å². The molecule has 1 aromatic rings. The van der Waals surface area contributed by atoms with Crippen LogP contribution in [0.3, 0.4) is 0 Å². The van der Waals surface area contributed by atoms with Crippen LogP contribution in [-0.4, -0.2) is 31.5 Å². The van der Waals surface area contributed by atoms with Gasteiger partial charge in [-0.05, 0) is 31.5 Å². The standard InChI is InChI=1S/C14H20ClNO3/c1-5-14(2,9-15)16-13(17)11-8-10(18-3)6-7-12(11)19-4/h6-8H,5,9H2,1-4H3,(H,16,17). The van der Waals surface area contributed by atoms with Crippen molar-refractivity contribution in [3.8, 4) is 11.5 Å². The van der Waals surface area contributed by atoms with Gasteiger partial charge in [-0.15, -0.1) is 11.6 Å². The first-order chi connectivity index (χ1) is 8.99. The molecule has 4 nitrogen and oxygen atoms in total. The van der Waals surface area contributed by atoms with E-state index in [4.69, 9.17) is 21.1 Å². The zero-order chi connectivity index (χ0) is 14.5. The zero-order valence-electron chi connectivity index (χ0n) is 11.7. The van der Waals surface area contributed by atoms with Gasteiger partial charge in [-0.2, -0.15) is 0 Å². The third kappa shape index (κ3) is 3.77. The highest BCUT2D eigenvalue weighted by atomic mass is 35.5. The highest BCUT2D eigenvalue weighted by Crippen LogP contribution is 2.25. The van der Waals surface area contributed by atoms with Gasteiger partial charge in [0.15, 0.2) is 0 Å². The summed E-state index contributed by atoms with van der Waals surface area (Å²) < 4.78 is 10.3.